The number of rotatable bonds is 4. The second-order valence-corrected chi connectivity index (χ2v) is 6.21. The molecule has 2 rings (SSSR count). The summed E-state index contributed by atoms with van der Waals surface area (Å²) >= 11 is 0. The van der Waals surface area contributed by atoms with E-state index in [1.165, 1.54) is 0 Å². The first-order chi connectivity index (χ1) is 10.8. The summed E-state index contributed by atoms with van der Waals surface area (Å²) < 4.78 is 5.23. The van der Waals surface area contributed by atoms with Crippen LogP contribution in [0.2, 0.25) is 0 Å². The van der Waals surface area contributed by atoms with Crippen LogP contribution in [0.4, 0.5) is 4.79 Å². The van der Waals surface area contributed by atoms with Gasteiger partial charge in [0.15, 0.2) is 0 Å². The molecule has 0 saturated heterocycles. The highest BCUT2D eigenvalue weighted by atomic mass is 16.6. The highest BCUT2D eigenvalue weighted by molar-refractivity contribution is 5.67. The molecule has 0 bridgehead atoms. The average molecular weight is 314 g/mol. The lowest BCUT2D eigenvalue weighted by Crippen LogP contribution is -2.43. The zero-order valence-corrected chi connectivity index (χ0v) is 13.5. The van der Waals surface area contributed by atoms with E-state index in [-0.39, 0.29) is 11.8 Å². The number of ether oxygens (including phenoxy) is 1. The van der Waals surface area contributed by atoms with Crippen LogP contribution < -0.4 is 10.9 Å². The van der Waals surface area contributed by atoms with E-state index in [4.69, 9.17) is 4.74 Å². The molecule has 3 N–H and O–H groups in total. The number of hydrogen-bond acceptors (Lipinski definition) is 4. The number of nitrogens with one attached hydrogen (secondary N) is 2. The summed E-state index contributed by atoms with van der Waals surface area (Å²) in [7, 11) is 0. The van der Waals surface area contributed by atoms with Gasteiger partial charge in [-0.05, 0) is 44.0 Å². The number of carbonyl (C=O) groups excluding carboxylic acids is 1. The first-order valence-corrected chi connectivity index (χ1v) is 7.43. The fourth-order valence-corrected chi connectivity index (χ4v) is 2.11. The second-order valence-electron chi connectivity index (χ2n) is 6.21. The molecule has 0 aliphatic carbocycles. The van der Waals surface area contributed by atoms with Crippen LogP contribution in [0.25, 0.3) is 0 Å². The molecule has 0 spiro atoms. The normalized spacial score (nSPS) is 12.5. The quantitative estimate of drug-likeness (QED) is 0.755. The van der Waals surface area contributed by atoms with Crippen molar-refractivity contribution in [1.29, 1.82) is 0 Å². The predicted octanol–water partition coefficient (Wildman–Crippen LogP) is 3.51. The highest BCUT2D eigenvalue weighted by Gasteiger charge is 2.19. The van der Waals surface area contributed by atoms with Crippen molar-refractivity contribution >= 4 is 6.09 Å². The summed E-state index contributed by atoms with van der Waals surface area (Å²) in [4.78, 5) is 11.8. The number of benzene rings is 2. The van der Waals surface area contributed by atoms with Crippen molar-refractivity contribution < 1.29 is 14.6 Å². The molecular formula is C18H22N2O3. The molecule has 2 aromatic rings. The number of aromatic hydroxyl groups is 1. The number of hydrazine groups is 1. The van der Waals surface area contributed by atoms with Gasteiger partial charge in [0.05, 0.1) is 6.04 Å². The average Bonchev–Trinajstić information content (AvgIpc) is 2.48. The number of hydrogen-bond donors (Lipinski definition) is 3. The van der Waals surface area contributed by atoms with E-state index in [1.807, 2.05) is 30.3 Å². The maximum atomic E-state index is 11.8. The monoisotopic (exact) mass is 314 g/mol. The molecule has 5 nitrogen and oxygen atoms in total. The van der Waals surface area contributed by atoms with E-state index < -0.39 is 11.7 Å². The van der Waals surface area contributed by atoms with Gasteiger partial charge < -0.3 is 9.84 Å². The Kier molecular flexibility index (Phi) is 5.24. The van der Waals surface area contributed by atoms with Crippen molar-refractivity contribution in [1.82, 2.24) is 10.9 Å². The maximum Gasteiger partial charge on any atom is 0.422 e. The van der Waals surface area contributed by atoms with Crippen LogP contribution in [0.5, 0.6) is 5.75 Å². The van der Waals surface area contributed by atoms with E-state index in [0.717, 1.165) is 11.1 Å². The topological polar surface area (TPSA) is 70.6 Å². The second kappa shape index (κ2) is 7.15. The minimum Gasteiger partial charge on any atom is -0.508 e. The van der Waals surface area contributed by atoms with Crippen molar-refractivity contribution in [2.45, 2.75) is 32.4 Å². The summed E-state index contributed by atoms with van der Waals surface area (Å²) in [5, 5.41) is 9.44. The molecule has 1 unspecified atom stereocenters. The smallest absolute Gasteiger partial charge is 0.422 e. The lowest BCUT2D eigenvalue weighted by Gasteiger charge is -2.23. The highest BCUT2D eigenvalue weighted by Crippen LogP contribution is 2.23. The summed E-state index contributed by atoms with van der Waals surface area (Å²) in [5.41, 5.74) is 6.89. The zero-order valence-electron chi connectivity index (χ0n) is 13.5. The van der Waals surface area contributed by atoms with E-state index in [2.05, 4.69) is 10.9 Å². The number of phenols is 1. The summed E-state index contributed by atoms with van der Waals surface area (Å²) in [5.74, 6) is 0.195. The molecule has 0 aliphatic rings. The molecule has 0 radical (unpaired) electrons. The molecule has 2 aromatic carbocycles. The van der Waals surface area contributed by atoms with Crippen LogP contribution in [-0.2, 0) is 4.74 Å². The fraction of sp³-hybridized carbons (Fsp3) is 0.278. The maximum absolute atomic E-state index is 11.8. The minimum atomic E-state index is -0.563. The van der Waals surface area contributed by atoms with Crippen LogP contribution in [0.15, 0.2) is 54.6 Å². The van der Waals surface area contributed by atoms with Gasteiger partial charge in [0.2, 0.25) is 0 Å². The van der Waals surface area contributed by atoms with Crippen molar-refractivity contribution in [3.63, 3.8) is 0 Å². The Hall–Kier alpha value is -2.53. The molecule has 0 aromatic heterocycles. The van der Waals surface area contributed by atoms with Gasteiger partial charge in [-0.15, -0.1) is 0 Å². The van der Waals surface area contributed by atoms with E-state index in [1.54, 1.807) is 45.0 Å². The van der Waals surface area contributed by atoms with Crippen molar-refractivity contribution in [3.8, 4) is 5.75 Å². The Morgan fingerprint density at radius 2 is 1.57 bits per heavy atom. The van der Waals surface area contributed by atoms with Gasteiger partial charge in [0, 0.05) is 0 Å². The molecule has 1 atom stereocenters. The molecule has 122 valence electrons. The van der Waals surface area contributed by atoms with Gasteiger partial charge in [0.1, 0.15) is 11.4 Å². The van der Waals surface area contributed by atoms with Crippen LogP contribution in [0.3, 0.4) is 0 Å². The largest absolute Gasteiger partial charge is 0.508 e. The van der Waals surface area contributed by atoms with Crippen molar-refractivity contribution in [2.75, 3.05) is 0 Å². The molecular weight excluding hydrogens is 292 g/mol. The van der Waals surface area contributed by atoms with E-state index >= 15 is 0 Å². The number of carbonyl (C=O) groups is 1. The standard InChI is InChI=1S/C18H22N2O3/c1-18(2,3)23-17(22)20-19-16(13-7-5-4-6-8-13)14-9-11-15(21)12-10-14/h4-12,16,19,21H,1-3H3,(H,20,22). The van der Waals surface area contributed by atoms with Gasteiger partial charge in [-0.25, -0.2) is 10.2 Å². The minimum absolute atomic E-state index is 0.195. The van der Waals surface area contributed by atoms with Crippen LogP contribution in [0, 0.1) is 0 Å². The van der Waals surface area contributed by atoms with Crippen molar-refractivity contribution in [2.24, 2.45) is 0 Å². The SMILES string of the molecule is CC(C)(C)OC(=O)NNC(c1ccccc1)c1ccc(O)cc1. The Bertz CT molecular complexity index is 634. The third-order valence-electron chi connectivity index (χ3n) is 3.08. The van der Waals surface area contributed by atoms with Gasteiger partial charge in [-0.1, -0.05) is 42.5 Å². The van der Waals surface area contributed by atoms with Crippen LogP contribution >= 0.6 is 0 Å². The van der Waals surface area contributed by atoms with Gasteiger partial charge in [0.25, 0.3) is 0 Å². The lowest BCUT2D eigenvalue weighted by molar-refractivity contribution is 0.0491. The fourth-order valence-electron chi connectivity index (χ4n) is 2.11. The molecule has 0 fully saturated rings. The molecule has 23 heavy (non-hydrogen) atoms. The van der Waals surface area contributed by atoms with E-state index in [9.17, 15) is 9.90 Å². The Morgan fingerprint density at radius 1 is 1.00 bits per heavy atom. The molecule has 5 heteroatoms. The van der Waals surface area contributed by atoms with Gasteiger partial charge in [-0.2, -0.15) is 0 Å². The summed E-state index contributed by atoms with van der Waals surface area (Å²) in [6, 6.07) is 16.3. The summed E-state index contributed by atoms with van der Waals surface area (Å²) in [6.45, 7) is 5.42. The predicted molar refractivity (Wildman–Crippen MR) is 88.9 cm³/mol. The summed E-state index contributed by atoms with van der Waals surface area (Å²) in [6.07, 6.45) is -0.544. The van der Waals surface area contributed by atoms with Gasteiger partial charge in [-0.3, -0.25) is 5.43 Å². The third-order valence-corrected chi connectivity index (χ3v) is 3.08. The van der Waals surface area contributed by atoms with Crippen LogP contribution in [-0.4, -0.2) is 16.8 Å². The van der Waals surface area contributed by atoms with Gasteiger partial charge >= 0.3 is 6.09 Å². The Labute approximate surface area is 136 Å². The Balaban J connectivity index is 2.15. The third kappa shape index (κ3) is 5.30. The zero-order chi connectivity index (χ0) is 16.9. The Morgan fingerprint density at radius 3 is 2.13 bits per heavy atom. The van der Waals surface area contributed by atoms with Crippen molar-refractivity contribution in [3.05, 3.63) is 65.7 Å². The lowest BCUT2D eigenvalue weighted by atomic mass is 9.99. The molecule has 0 saturated carbocycles. The van der Waals surface area contributed by atoms with E-state index in [0.29, 0.717) is 0 Å². The first kappa shape index (κ1) is 16.8. The molecule has 1 amide bonds. The number of phenolic OH excluding ortho intramolecular Hbond substituents is 1. The molecule has 0 heterocycles. The first-order valence-electron chi connectivity index (χ1n) is 7.43. The molecule has 0 aliphatic heterocycles. The van der Waals surface area contributed by atoms with Crippen LogP contribution in [0.1, 0.15) is 37.9 Å². The number of amides is 1.